The predicted molar refractivity (Wildman–Crippen MR) is 79.6 cm³/mol. The summed E-state index contributed by atoms with van der Waals surface area (Å²) in [5.74, 6) is -0.00739. The van der Waals surface area contributed by atoms with Crippen LogP contribution in [0, 0.1) is 6.92 Å². The lowest BCUT2D eigenvalue weighted by atomic mass is 10.1. The Labute approximate surface area is 117 Å². The third-order valence-corrected chi connectivity index (χ3v) is 3.72. The van der Waals surface area contributed by atoms with Crippen LogP contribution in [0.1, 0.15) is 25.3 Å². The third kappa shape index (κ3) is 3.05. The van der Waals surface area contributed by atoms with Gasteiger partial charge >= 0.3 is 0 Å². The number of rotatable bonds is 3. The summed E-state index contributed by atoms with van der Waals surface area (Å²) in [6.45, 7) is 6.14. The molecule has 1 amide bonds. The minimum absolute atomic E-state index is 0.00739. The van der Waals surface area contributed by atoms with Gasteiger partial charge in [-0.2, -0.15) is 0 Å². The van der Waals surface area contributed by atoms with Crippen molar-refractivity contribution < 1.29 is 4.79 Å². The fourth-order valence-corrected chi connectivity index (χ4v) is 2.31. The zero-order valence-corrected chi connectivity index (χ0v) is 12.5. The molecule has 1 heterocycles. The Hall–Kier alpha value is -1.03. The lowest BCUT2D eigenvalue weighted by molar-refractivity contribution is -0.115. The molecule has 1 unspecified atom stereocenters. The molecule has 1 aromatic rings. The molecule has 1 N–H and O–H groups in total. The summed E-state index contributed by atoms with van der Waals surface area (Å²) in [5, 5.41) is 2.92. The molecule has 1 aliphatic rings. The molecular weight excluding hydrogens is 292 g/mol. The smallest absolute Gasteiger partial charge is 0.237 e. The number of carbonyl (C=O) groups is 1. The molecule has 1 fully saturated rings. The fourth-order valence-electron chi connectivity index (χ4n) is 2.19. The van der Waals surface area contributed by atoms with E-state index in [0.29, 0.717) is 0 Å². The molecule has 3 nitrogen and oxygen atoms in total. The van der Waals surface area contributed by atoms with Crippen molar-refractivity contribution in [2.75, 3.05) is 23.3 Å². The quantitative estimate of drug-likeness (QED) is 0.869. The van der Waals surface area contributed by atoms with Crippen LogP contribution in [0.2, 0.25) is 0 Å². The molecule has 0 radical (unpaired) electrons. The van der Waals surface area contributed by atoms with E-state index in [0.717, 1.165) is 24.3 Å². The van der Waals surface area contributed by atoms with Gasteiger partial charge in [0.2, 0.25) is 5.91 Å². The van der Waals surface area contributed by atoms with Gasteiger partial charge in [0, 0.05) is 24.5 Å². The van der Waals surface area contributed by atoms with E-state index in [4.69, 9.17) is 0 Å². The zero-order chi connectivity index (χ0) is 13.1. The highest BCUT2D eigenvalue weighted by Crippen LogP contribution is 2.25. The van der Waals surface area contributed by atoms with Crippen molar-refractivity contribution in [3.05, 3.63) is 23.8 Å². The van der Waals surface area contributed by atoms with Crippen LogP contribution >= 0.6 is 15.9 Å². The lowest BCUT2D eigenvalue weighted by Crippen LogP contribution is -2.21. The highest BCUT2D eigenvalue weighted by molar-refractivity contribution is 9.10. The topological polar surface area (TPSA) is 32.3 Å². The third-order valence-electron chi connectivity index (χ3n) is 3.30. The summed E-state index contributed by atoms with van der Waals surface area (Å²) in [4.78, 5) is 13.9. The summed E-state index contributed by atoms with van der Waals surface area (Å²) in [6.07, 6.45) is 2.55. The second-order valence-corrected chi connectivity index (χ2v) is 6.17. The minimum atomic E-state index is -0.171. The molecule has 0 bridgehead atoms. The van der Waals surface area contributed by atoms with Gasteiger partial charge in [-0.15, -0.1) is 0 Å². The summed E-state index contributed by atoms with van der Waals surface area (Å²) >= 11 is 3.27. The van der Waals surface area contributed by atoms with E-state index in [1.807, 2.05) is 19.9 Å². The van der Waals surface area contributed by atoms with Gasteiger partial charge in [0.25, 0.3) is 0 Å². The molecule has 0 saturated carbocycles. The van der Waals surface area contributed by atoms with E-state index in [-0.39, 0.29) is 10.7 Å². The number of hydrogen-bond acceptors (Lipinski definition) is 2. The second kappa shape index (κ2) is 5.74. The maximum absolute atomic E-state index is 11.6. The monoisotopic (exact) mass is 310 g/mol. The number of hydrogen-bond donors (Lipinski definition) is 1. The van der Waals surface area contributed by atoms with Crippen molar-refractivity contribution in [3.63, 3.8) is 0 Å². The molecule has 98 valence electrons. The number of nitrogens with one attached hydrogen (secondary N) is 1. The first-order chi connectivity index (χ1) is 8.58. The molecule has 18 heavy (non-hydrogen) atoms. The average Bonchev–Trinajstić information content (AvgIpc) is 2.85. The van der Waals surface area contributed by atoms with Gasteiger partial charge in [0.05, 0.1) is 4.83 Å². The summed E-state index contributed by atoms with van der Waals surface area (Å²) in [6, 6.07) is 6.24. The fraction of sp³-hybridized carbons (Fsp3) is 0.500. The van der Waals surface area contributed by atoms with Crippen LogP contribution in [0.5, 0.6) is 0 Å². The van der Waals surface area contributed by atoms with Crippen molar-refractivity contribution in [2.24, 2.45) is 0 Å². The number of nitrogens with zero attached hydrogens (tertiary/aromatic N) is 1. The average molecular weight is 311 g/mol. The van der Waals surface area contributed by atoms with E-state index in [2.05, 4.69) is 38.3 Å². The first kappa shape index (κ1) is 13.4. The number of amides is 1. The SMILES string of the molecule is Cc1cc(N2CCCC2)ccc1NC(=O)C(C)Br. The van der Waals surface area contributed by atoms with Crippen LogP contribution in [-0.2, 0) is 4.79 Å². The van der Waals surface area contributed by atoms with Gasteiger partial charge < -0.3 is 10.2 Å². The number of benzene rings is 1. The molecule has 1 atom stereocenters. The molecule has 0 aliphatic carbocycles. The minimum Gasteiger partial charge on any atom is -0.372 e. The maximum atomic E-state index is 11.6. The van der Waals surface area contributed by atoms with Crippen LogP contribution in [0.3, 0.4) is 0 Å². The lowest BCUT2D eigenvalue weighted by Gasteiger charge is -2.19. The zero-order valence-electron chi connectivity index (χ0n) is 10.9. The van der Waals surface area contributed by atoms with E-state index in [1.54, 1.807) is 0 Å². The van der Waals surface area contributed by atoms with Crippen LogP contribution in [0.25, 0.3) is 0 Å². The van der Waals surface area contributed by atoms with Crippen molar-refractivity contribution in [1.29, 1.82) is 0 Å². The molecule has 0 aromatic heterocycles. The molecule has 0 spiro atoms. The molecule has 1 aromatic carbocycles. The Morgan fingerprint density at radius 2 is 2.06 bits per heavy atom. The Morgan fingerprint density at radius 1 is 1.39 bits per heavy atom. The standard InChI is InChI=1S/C14H19BrN2O/c1-10-9-12(17-7-3-4-8-17)5-6-13(10)16-14(18)11(2)15/h5-6,9,11H,3-4,7-8H2,1-2H3,(H,16,18). The van der Waals surface area contributed by atoms with Gasteiger partial charge in [-0.05, 0) is 50.5 Å². The van der Waals surface area contributed by atoms with Crippen LogP contribution in [0.4, 0.5) is 11.4 Å². The van der Waals surface area contributed by atoms with Gasteiger partial charge in [0.15, 0.2) is 0 Å². The Balaban J connectivity index is 2.12. The maximum Gasteiger partial charge on any atom is 0.237 e. The number of anilines is 2. The molecule has 2 rings (SSSR count). The summed E-state index contributed by atoms with van der Waals surface area (Å²) < 4.78 is 0. The van der Waals surface area contributed by atoms with E-state index in [1.165, 1.54) is 18.5 Å². The summed E-state index contributed by atoms with van der Waals surface area (Å²) in [5.41, 5.74) is 3.27. The Kier molecular flexibility index (Phi) is 4.27. The molecule has 4 heteroatoms. The van der Waals surface area contributed by atoms with E-state index < -0.39 is 0 Å². The van der Waals surface area contributed by atoms with Crippen LogP contribution in [-0.4, -0.2) is 23.8 Å². The Morgan fingerprint density at radius 3 is 2.61 bits per heavy atom. The number of aryl methyl sites for hydroxylation is 1. The number of halogens is 1. The van der Waals surface area contributed by atoms with Gasteiger partial charge in [-0.1, -0.05) is 15.9 Å². The molecular formula is C14H19BrN2O. The van der Waals surface area contributed by atoms with Gasteiger partial charge in [0.1, 0.15) is 0 Å². The number of carbonyl (C=O) groups excluding carboxylic acids is 1. The molecule has 1 saturated heterocycles. The normalized spacial score (nSPS) is 16.7. The number of alkyl halides is 1. The first-order valence-electron chi connectivity index (χ1n) is 6.38. The van der Waals surface area contributed by atoms with Crippen LogP contribution in [0.15, 0.2) is 18.2 Å². The van der Waals surface area contributed by atoms with E-state index in [9.17, 15) is 4.79 Å². The van der Waals surface area contributed by atoms with Crippen molar-refractivity contribution in [3.8, 4) is 0 Å². The summed E-state index contributed by atoms with van der Waals surface area (Å²) in [7, 11) is 0. The van der Waals surface area contributed by atoms with Crippen molar-refractivity contribution >= 4 is 33.2 Å². The predicted octanol–water partition coefficient (Wildman–Crippen LogP) is 3.32. The highest BCUT2D eigenvalue weighted by atomic mass is 79.9. The molecule has 1 aliphatic heterocycles. The van der Waals surface area contributed by atoms with Crippen LogP contribution < -0.4 is 10.2 Å². The van der Waals surface area contributed by atoms with Gasteiger partial charge in [-0.3, -0.25) is 4.79 Å². The second-order valence-electron chi connectivity index (χ2n) is 4.80. The van der Waals surface area contributed by atoms with Crippen molar-refractivity contribution in [2.45, 2.75) is 31.5 Å². The first-order valence-corrected chi connectivity index (χ1v) is 7.30. The van der Waals surface area contributed by atoms with Gasteiger partial charge in [-0.25, -0.2) is 0 Å². The largest absolute Gasteiger partial charge is 0.372 e. The van der Waals surface area contributed by atoms with E-state index >= 15 is 0 Å². The Bertz CT molecular complexity index is 439. The highest BCUT2D eigenvalue weighted by Gasteiger charge is 2.14. The van der Waals surface area contributed by atoms with Crippen molar-refractivity contribution in [1.82, 2.24) is 0 Å².